The monoisotopic (exact) mass is 709 g/mol. The summed E-state index contributed by atoms with van der Waals surface area (Å²) in [6, 6.07) is 23.2. The predicted octanol–water partition coefficient (Wildman–Crippen LogP) is 5.00. The van der Waals surface area contributed by atoms with Crippen molar-refractivity contribution in [3.63, 3.8) is 0 Å². The van der Waals surface area contributed by atoms with Crippen LogP contribution in [0.3, 0.4) is 0 Å². The molecule has 0 fully saturated rings. The minimum absolute atomic E-state index is 0.0102. The van der Waals surface area contributed by atoms with E-state index in [9.17, 15) is 24.3 Å². The van der Waals surface area contributed by atoms with Gasteiger partial charge < -0.3 is 31.1 Å². The van der Waals surface area contributed by atoms with Crippen molar-refractivity contribution in [1.82, 2.24) is 26.3 Å². The first-order chi connectivity index (χ1) is 25.0. The molecular weight excluding hydrogens is 658 g/mol. The largest absolute Gasteiger partial charge is 0.445 e. The van der Waals surface area contributed by atoms with Crippen molar-refractivity contribution in [2.75, 3.05) is 0 Å². The third-order valence-corrected chi connectivity index (χ3v) is 8.85. The number of aliphatic hydroxyl groups is 1. The van der Waals surface area contributed by atoms with Gasteiger partial charge in [-0.25, -0.2) is 4.79 Å². The molecule has 11 heteroatoms. The van der Waals surface area contributed by atoms with Crippen molar-refractivity contribution in [1.29, 1.82) is 0 Å². The van der Waals surface area contributed by atoms with Gasteiger partial charge in [0.25, 0.3) is 0 Å². The Kier molecular flexibility index (Phi) is 15.1. The lowest BCUT2D eigenvalue weighted by molar-refractivity contribution is -0.131. The number of nitrogens with zero attached hydrogens (tertiary/aromatic N) is 1. The van der Waals surface area contributed by atoms with E-state index < -0.39 is 42.1 Å². The second-order valence-corrected chi connectivity index (χ2v) is 13.6. The van der Waals surface area contributed by atoms with Gasteiger partial charge in [-0.2, -0.15) is 0 Å². The lowest BCUT2D eigenvalue weighted by atomic mass is 9.95. The SMILES string of the molecule is CCC(C)NC(=O)C[C@H](O)[C@H](CC(C)C)NC(=O)C(Cc1cccnc1)NC(=O)[C@H](Cc1cccc2ccccc12)NC(=O)OCc1ccccc1. The first-order valence-electron chi connectivity index (χ1n) is 17.9. The highest BCUT2D eigenvalue weighted by Gasteiger charge is 2.32. The zero-order valence-electron chi connectivity index (χ0n) is 30.4. The fraction of sp³-hybridized carbons (Fsp3) is 0.390. The molecule has 4 aromatic rings. The molecule has 0 aliphatic carbocycles. The number of benzene rings is 3. The molecule has 4 amide bonds. The number of pyridine rings is 1. The molecule has 276 valence electrons. The van der Waals surface area contributed by atoms with Crippen LogP contribution < -0.4 is 21.3 Å². The summed E-state index contributed by atoms with van der Waals surface area (Å²) in [4.78, 5) is 58.2. The Morgan fingerprint density at radius 2 is 1.42 bits per heavy atom. The number of aliphatic hydroxyl groups excluding tert-OH is 1. The van der Waals surface area contributed by atoms with Crippen molar-refractivity contribution >= 4 is 34.6 Å². The third kappa shape index (κ3) is 12.5. The highest BCUT2D eigenvalue weighted by molar-refractivity contribution is 5.93. The second-order valence-electron chi connectivity index (χ2n) is 13.6. The summed E-state index contributed by atoms with van der Waals surface area (Å²) in [7, 11) is 0. The molecule has 0 saturated carbocycles. The Hall–Kier alpha value is -5.29. The minimum Gasteiger partial charge on any atom is -0.445 e. The van der Waals surface area contributed by atoms with Gasteiger partial charge in [-0.15, -0.1) is 0 Å². The van der Waals surface area contributed by atoms with Crippen molar-refractivity contribution in [3.8, 4) is 0 Å². The summed E-state index contributed by atoms with van der Waals surface area (Å²) < 4.78 is 5.48. The molecule has 0 aliphatic heterocycles. The summed E-state index contributed by atoms with van der Waals surface area (Å²) in [5.74, 6) is -1.37. The lowest BCUT2D eigenvalue weighted by Crippen LogP contribution is -2.57. The first kappa shape index (κ1) is 39.5. The van der Waals surface area contributed by atoms with E-state index in [1.165, 1.54) is 0 Å². The molecule has 0 spiro atoms. The minimum atomic E-state index is -1.16. The van der Waals surface area contributed by atoms with Crippen LogP contribution in [0.2, 0.25) is 0 Å². The van der Waals surface area contributed by atoms with Crippen LogP contribution in [0.5, 0.6) is 0 Å². The zero-order chi connectivity index (χ0) is 37.5. The van der Waals surface area contributed by atoms with Gasteiger partial charge in [-0.05, 0) is 59.2 Å². The van der Waals surface area contributed by atoms with Crippen LogP contribution in [-0.2, 0) is 38.6 Å². The normalized spacial score (nSPS) is 14.0. The molecule has 1 aromatic heterocycles. The van der Waals surface area contributed by atoms with Crippen LogP contribution >= 0.6 is 0 Å². The van der Waals surface area contributed by atoms with Crippen molar-refractivity contribution in [2.24, 2.45) is 5.92 Å². The quantitative estimate of drug-likeness (QED) is 0.0973. The molecule has 0 saturated heterocycles. The number of aromatic nitrogens is 1. The van der Waals surface area contributed by atoms with Crippen LogP contribution in [0.15, 0.2) is 97.3 Å². The maximum absolute atomic E-state index is 14.2. The molecule has 11 nitrogen and oxygen atoms in total. The van der Waals surface area contributed by atoms with E-state index >= 15 is 0 Å². The molecule has 3 aromatic carbocycles. The summed E-state index contributed by atoms with van der Waals surface area (Å²) in [6.07, 6.45) is 2.43. The Balaban J connectivity index is 1.58. The number of amides is 4. The van der Waals surface area contributed by atoms with Gasteiger partial charge >= 0.3 is 6.09 Å². The van der Waals surface area contributed by atoms with E-state index in [0.29, 0.717) is 12.0 Å². The highest BCUT2D eigenvalue weighted by Crippen LogP contribution is 2.20. The summed E-state index contributed by atoms with van der Waals surface area (Å²) in [6.45, 7) is 7.77. The molecule has 5 N–H and O–H groups in total. The van der Waals surface area contributed by atoms with Crippen molar-refractivity contribution in [2.45, 2.75) is 96.7 Å². The van der Waals surface area contributed by atoms with E-state index in [0.717, 1.165) is 28.3 Å². The Morgan fingerprint density at radius 1 is 0.750 bits per heavy atom. The Labute approximate surface area is 305 Å². The number of fused-ring (bicyclic) bond motifs is 1. The predicted molar refractivity (Wildman–Crippen MR) is 201 cm³/mol. The topological polar surface area (TPSA) is 159 Å². The van der Waals surface area contributed by atoms with Crippen LogP contribution in [0, 0.1) is 5.92 Å². The average Bonchev–Trinajstić information content (AvgIpc) is 3.13. The van der Waals surface area contributed by atoms with Gasteiger partial charge in [0, 0.05) is 31.3 Å². The van der Waals surface area contributed by atoms with Crippen LogP contribution in [0.4, 0.5) is 4.79 Å². The molecule has 52 heavy (non-hydrogen) atoms. The fourth-order valence-corrected chi connectivity index (χ4v) is 5.91. The van der Waals surface area contributed by atoms with Gasteiger partial charge in [0.15, 0.2) is 0 Å². The molecule has 0 radical (unpaired) electrons. The first-order valence-corrected chi connectivity index (χ1v) is 17.9. The standard InChI is InChI=1S/C41H51N5O6/c1-5-28(4)43-38(48)24-37(47)34(21-27(2)3)44-39(49)35(22-30-15-12-20-42-25-30)45-40(50)36(46-41(51)52-26-29-13-7-6-8-14-29)23-32-18-11-17-31-16-9-10-19-33(31)32/h6-20,25,27-28,34-37,47H,5,21-24,26H2,1-4H3,(H,43,48)(H,44,49)(H,45,50)(H,46,51)/t28?,34-,35?,36-,37-/m0/s1. The van der Waals surface area contributed by atoms with E-state index in [1.807, 2.05) is 100 Å². The number of carbonyl (C=O) groups is 4. The molecule has 1 heterocycles. The van der Waals surface area contributed by atoms with Gasteiger partial charge in [-0.3, -0.25) is 19.4 Å². The molecule has 2 unspecified atom stereocenters. The van der Waals surface area contributed by atoms with E-state index in [1.54, 1.807) is 24.5 Å². The van der Waals surface area contributed by atoms with Gasteiger partial charge in [0.2, 0.25) is 17.7 Å². The zero-order valence-corrected chi connectivity index (χ0v) is 30.4. The maximum Gasteiger partial charge on any atom is 0.408 e. The number of hydrogen-bond donors (Lipinski definition) is 5. The smallest absolute Gasteiger partial charge is 0.408 e. The van der Waals surface area contributed by atoms with Crippen LogP contribution in [0.1, 0.15) is 63.6 Å². The van der Waals surface area contributed by atoms with Gasteiger partial charge in [-0.1, -0.05) is 99.6 Å². The van der Waals surface area contributed by atoms with Crippen LogP contribution in [0.25, 0.3) is 10.8 Å². The summed E-state index contributed by atoms with van der Waals surface area (Å²) >= 11 is 0. The number of nitrogens with one attached hydrogen (secondary N) is 4. The molecular formula is C41H51N5O6. The Bertz CT molecular complexity index is 1750. The number of rotatable bonds is 18. The molecule has 5 atom stereocenters. The number of ether oxygens (including phenoxy) is 1. The summed E-state index contributed by atoms with van der Waals surface area (Å²) in [5, 5.41) is 24.4. The number of hydrogen-bond acceptors (Lipinski definition) is 7. The molecule has 0 bridgehead atoms. The lowest BCUT2D eigenvalue weighted by Gasteiger charge is -2.29. The maximum atomic E-state index is 14.2. The van der Waals surface area contributed by atoms with Crippen molar-refractivity contribution < 1.29 is 29.0 Å². The number of carbonyl (C=O) groups excluding carboxylic acids is 4. The number of alkyl carbamates (subject to hydrolysis) is 1. The van der Waals surface area contributed by atoms with Crippen LogP contribution in [-0.4, -0.2) is 64.2 Å². The molecule has 0 aliphatic rings. The third-order valence-electron chi connectivity index (χ3n) is 8.85. The van der Waals surface area contributed by atoms with Gasteiger partial charge in [0.1, 0.15) is 18.7 Å². The summed E-state index contributed by atoms with van der Waals surface area (Å²) in [5.41, 5.74) is 2.31. The van der Waals surface area contributed by atoms with E-state index in [4.69, 9.17) is 4.74 Å². The van der Waals surface area contributed by atoms with Gasteiger partial charge in [0.05, 0.1) is 18.6 Å². The average molecular weight is 710 g/mol. The van der Waals surface area contributed by atoms with E-state index in [2.05, 4.69) is 26.3 Å². The molecule has 4 rings (SSSR count). The second kappa shape index (κ2) is 19.9. The van der Waals surface area contributed by atoms with E-state index in [-0.39, 0.29) is 43.7 Å². The highest BCUT2D eigenvalue weighted by atomic mass is 16.5. The Morgan fingerprint density at radius 3 is 2.13 bits per heavy atom. The van der Waals surface area contributed by atoms with Crippen molar-refractivity contribution in [3.05, 3.63) is 114 Å². The fourth-order valence-electron chi connectivity index (χ4n) is 5.91.